The second-order valence-corrected chi connectivity index (χ2v) is 4.71. The van der Waals surface area contributed by atoms with E-state index in [0.29, 0.717) is 24.3 Å². The van der Waals surface area contributed by atoms with E-state index in [-0.39, 0.29) is 18.1 Å². The van der Waals surface area contributed by atoms with Gasteiger partial charge < -0.3 is 15.0 Å². The summed E-state index contributed by atoms with van der Waals surface area (Å²) in [5.41, 5.74) is 0.997. The maximum Gasteiger partial charge on any atom is 0.255 e. The van der Waals surface area contributed by atoms with Crippen LogP contribution in [0.3, 0.4) is 0 Å². The van der Waals surface area contributed by atoms with E-state index in [1.54, 1.807) is 31.1 Å². The number of amides is 1. The standard InChI is InChI=1S/C14H22N2O3.C2H6/c1-10(9-17)7-13(8-15-4)14(18)16-5-6-19-12(3)11(16)2;1-2/h7-9,11-12,15H,5-6H2,1-4H3;1-2H3/b10-7-,13-8+;. The molecule has 0 aromatic rings. The summed E-state index contributed by atoms with van der Waals surface area (Å²) >= 11 is 0. The molecule has 2 atom stereocenters. The van der Waals surface area contributed by atoms with Crippen LogP contribution in [0.2, 0.25) is 0 Å². The number of morpholine rings is 1. The van der Waals surface area contributed by atoms with Crippen molar-refractivity contribution in [1.29, 1.82) is 0 Å². The Morgan fingerprint density at radius 3 is 2.48 bits per heavy atom. The van der Waals surface area contributed by atoms with Gasteiger partial charge in [-0.2, -0.15) is 0 Å². The summed E-state index contributed by atoms with van der Waals surface area (Å²) < 4.78 is 5.51. The monoisotopic (exact) mass is 296 g/mol. The zero-order valence-electron chi connectivity index (χ0n) is 14.0. The summed E-state index contributed by atoms with van der Waals surface area (Å²) in [4.78, 5) is 25.0. The van der Waals surface area contributed by atoms with E-state index >= 15 is 0 Å². The van der Waals surface area contributed by atoms with Crippen LogP contribution in [0.25, 0.3) is 0 Å². The van der Waals surface area contributed by atoms with Gasteiger partial charge in [0.1, 0.15) is 6.29 Å². The van der Waals surface area contributed by atoms with Gasteiger partial charge in [-0.15, -0.1) is 0 Å². The van der Waals surface area contributed by atoms with Crippen LogP contribution < -0.4 is 5.32 Å². The number of nitrogens with zero attached hydrogens (tertiary/aromatic N) is 1. The van der Waals surface area contributed by atoms with Gasteiger partial charge in [0.25, 0.3) is 5.91 Å². The van der Waals surface area contributed by atoms with Crippen molar-refractivity contribution in [3.8, 4) is 0 Å². The van der Waals surface area contributed by atoms with Crippen LogP contribution in [0, 0.1) is 0 Å². The number of aldehydes is 1. The molecule has 0 saturated carbocycles. The molecule has 0 bridgehead atoms. The summed E-state index contributed by atoms with van der Waals surface area (Å²) in [7, 11) is 1.72. The molecule has 1 saturated heterocycles. The molecule has 1 aliphatic heterocycles. The van der Waals surface area contributed by atoms with Crippen molar-refractivity contribution in [2.75, 3.05) is 20.2 Å². The lowest BCUT2D eigenvalue weighted by Gasteiger charge is -2.38. The summed E-state index contributed by atoms with van der Waals surface area (Å²) in [5.74, 6) is -0.0850. The van der Waals surface area contributed by atoms with Crippen LogP contribution in [0.5, 0.6) is 0 Å². The van der Waals surface area contributed by atoms with Crippen molar-refractivity contribution in [2.45, 2.75) is 46.8 Å². The average molecular weight is 296 g/mol. The molecular weight excluding hydrogens is 268 g/mol. The maximum atomic E-state index is 12.5. The molecule has 1 heterocycles. The molecule has 1 amide bonds. The zero-order valence-corrected chi connectivity index (χ0v) is 14.0. The van der Waals surface area contributed by atoms with Crippen LogP contribution in [0.15, 0.2) is 23.4 Å². The highest BCUT2D eigenvalue weighted by molar-refractivity contribution is 5.97. The third kappa shape index (κ3) is 5.71. The molecule has 0 aromatic carbocycles. The largest absolute Gasteiger partial charge is 0.393 e. The second-order valence-electron chi connectivity index (χ2n) is 4.71. The normalized spacial score (nSPS) is 23.0. The van der Waals surface area contributed by atoms with Gasteiger partial charge in [-0.3, -0.25) is 9.59 Å². The molecule has 1 fully saturated rings. The predicted octanol–water partition coefficient (Wildman–Crippen LogP) is 1.90. The van der Waals surface area contributed by atoms with Gasteiger partial charge in [0, 0.05) is 19.8 Å². The molecule has 2 unspecified atom stereocenters. The van der Waals surface area contributed by atoms with Crippen molar-refractivity contribution in [1.82, 2.24) is 10.2 Å². The molecule has 1 rings (SSSR count). The van der Waals surface area contributed by atoms with Crippen LogP contribution in [0.4, 0.5) is 0 Å². The summed E-state index contributed by atoms with van der Waals surface area (Å²) in [6.07, 6.45) is 3.97. The first-order chi connectivity index (χ1) is 10.0. The minimum atomic E-state index is -0.0850. The molecule has 0 radical (unpaired) electrons. The smallest absolute Gasteiger partial charge is 0.255 e. The Morgan fingerprint density at radius 2 is 1.95 bits per heavy atom. The number of hydrogen-bond acceptors (Lipinski definition) is 4. The van der Waals surface area contributed by atoms with E-state index < -0.39 is 0 Å². The lowest BCUT2D eigenvalue weighted by molar-refractivity contribution is -0.139. The third-order valence-electron chi connectivity index (χ3n) is 3.26. The van der Waals surface area contributed by atoms with E-state index in [9.17, 15) is 9.59 Å². The molecular formula is C16H28N2O3. The summed E-state index contributed by atoms with van der Waals surface area (Å²) in [6.45, 7) is 10.7. The molecule has 1 aliphatic rings. The van der Waals surface area contributed by atoms with Crippen molar-refractivity contribution in [3.05, 3.63) is 23.4 Å². The van der Waals surface area contributed by atoms with Crippen LogP contribution >= 0.6 is 0 Å². The molecule has 5 heteroatoms. The number of ether oxygens (including phenoxy) is 1. The van der Waals surface area contributed by atoms with E-state index in [1.165, 1.54) is 0 Å². The van der Waals surface area contributed by atoms with Gasteiger partial charge >= 0.3 is 0 Å². The number of hydrogen-bond donors (Lipinski definition) is 1. The Hall–Kier alpha value is -1.62. The van der Waals surface area contributed by atoms with Crippen LogP contribution in [-0.4, -0.2) is 49.4 Å². The van der Waals surface area contributed by atoms with Gasteiger partial charge in [-0.1, -0.05) is 13.8 Å². The Labute approximate surface area is 128 Å². The lowest BCUT2D eigenvalue weighted by Crippen LogP contribution is -2.51. The maximum absolute atomic E-state index is 12.5. The molecule has 120 valence electrons. The molecule has 0 aliphatic carbocycles. The first-order valence-electron chi connectivity index (χ1n) is 7.44. The fraction of sp³-hybridized carbons (Fsp3) is 0.625. The minimum absolute atomic E-state index is 0.0182. The van der Waals surface area contributed by atoms with E-state index in [2.05, 4.69) is 5.32 Å². The number of allylic oxidation sites excluding steroid dienone is 1. The molecule has 21 heavy (non-hydrogen) atoms. The van der Waals surface area contributed by atoms with E-state index in [1.807, 2.05) is 27.7 Å². The number of carbonyl (C=O) groups excluding carboxylic acids is 2. The second kappa shape index (κ2) is 10.2. The van der Waals surface area contributed by atoms with E-state index in [0.717, 1.165) is 6.29 Å². The zero-order chi connectivity index (χ0) is 16.4. The fourth-order valence-corrected chi connectivity index (χ4v) is 1.99. The quantitative estimate of drug-likeness (QED) is 0.489. The van der Waals surface area contributed by atoms with E-state index in [4.69, 9.17) is 4.74 Å². The minimum Gasteiger partial charge on any atom is -0.393 e. The summed E-state index contributed by atoms with van der Waals surface area (Å²) in [5, 5.41) is 2.84. The molecule has 1 N–H and O–H groups in total. The number of rotatable bonds is 4. The Kier molecular flexibility index (Phi) is 9.37. The highest BCUT2D eigenvalue weighted by atomic mass is 16.5. The highest BCUT2D eigenvalue weighted by Gasteiger charge is 2.30. The summed E-state index contributed by atoms with van der Waals surface area (Å²) in [6, 6.07) is 0.0199. The topological polar surface area (TPSA) is 58.6 Å². The molecule has 5 nitrogen and oxygen atoms in total. The molecule has 0 aromatic heterocycles. The number of nitrogens with one attached hydrogen (secondary N) is 1. The lowest BCUT2D eigenvalue weighted by atomic mass is 10.1. The van der Waals surface area contributed by atoms with Crippen molar-refractivity contribution < 1.29 is 14.3 Å². The fourth-order valence-electron chi connectivity index (χ4n) is 1.99. The van der Waals surface area contributed by atoms with Gasteiger partial charge in [-0.25, -0.2) is 0 Å². The Balaban J connectivity index is 0.00000191. The third-order valence-corrected chi connectivity index (χ3v) is 3.26. The first kappa shape index (κ1) is 19.4. The van der Waals surface area contributed by atoms with Gasteiger partial charge in [0.2, 0.25) is 0 Å². The Morgan fingerprint density at radius 1 is 1.33 bits per heavy atom. The van der Waals surface area contributed by atoms with Gasteiger partial charge in [0.05, 0.1) is 24.3 Å². The van der Waals surface area contributed by atoms with Crippen molar-refractivity contribution >= 4 is 12.2 Å². The van der Waals surface area contributed by atoms with Gasteiger partial charge in [0.15, 0.2) is 0 Å². The molecule has 0 spiro atoms. The van der Waals surface area contributed by atoms with Crippen molar-refractivity contribution in [2.24, 2.45) is 0 Å². The number of carbonyl (C=O) groups is 2. The Bertz CT molecular complexity index is 402. The van der Waals surface area contributed by atoms with Crippen molar-refractivity contribution in [3.63, 3.8) is 0 Å². The highest BCUT2D eigenvalue weighted by Crippen LogP contribution is 2.17. The van der Waals surface area contributed by atoms with Gasteiger partial charge in [-0.05, 0) is 32.4 Å². The predicted molar refractivity (Wildman–Crippen MR) is 84.9 cm³/mol. The average Bonchev–Trinajstić information content (AvgIpc) is 2.50. The first-order valence-corrected chi connectivity index (χ1v) is 7.44. The van der Waals surface area contributed by atoms with Crippen LogP contribution in [0.1, 0.15) is 34.6 Å². The SMILES string of the molecule is CC.CN/C=C(\C=C(\C)C=O)C(=O)N1CCOC(C)C1C. The van der Waals surface area contributed by atoms with Crippen LogP contribution in [-0.2, 0) is 14.3 Å².